The van der Waals surface area contributed by atoms with E-state index >= 15 is 0 Å². The molecular weight excluding hydrogens is 204 g/mol. The van der Waals surface area contributed by atoms with Gasteiger partial charge in [-0.05, 0) is 31.5 Å². The van der Waals surface area contributed by atoms with Crippen LogP contribution >= 0.6 is 12.2 Å². The van der Waals surface area contributed by atoms with Gasteiger partial charge in [-0.1, -0.05) is 32.6 Å². The molecule has 0 aliphatic heterocycles. The molecule has 1 saturated carbocycles. The van der Waals surface area contributed by atoms with E-state index in [4.69, 9.17) is 12.2 Å². The van der Waals surface area contributed by atoms with Crippen LogP contribution in [-0.4, -0.2) is 29.6 Å². The van der Waals surface area contributed by atoms with Crippen LogP contribution in [0, 0.1) is 0 Å². The lowest BCUT2D eigenvalue weighted by Crippen LogP contribution is -2.43. The highest BCUT2D eigenvalue weighted by molar-refractivity contribution is 7.80. The summed E-state index contributed by atoms with van der Waals surface area (Å²) < 4.78 is 0. The summed E-state index contributed by atoms with van der Waals surface area (Å²) in [7, 11) is 2.14. The first kappa shape index (κ1) is 12.8. The van der Waals surface area contributed by atoms with Crippen LogP contribution in [0.5, 0.6) is 0 Å². The van der Waals surface area contributed by atoms with E-state index in [9.17, 15) is 0 Å². The number of thiocarbonyl (C=S) groups is 1. The number of hydrogen-bond acceptors (Lipinski definition) is 1. The zero-order valence-electron chi connectivity index (χ0n) is 10.1. The molecule has 0 unspecified atom stereocenters. The number of hydrogen-bond donors (Lipinski definition) is 1. The predicted molar refractivity (Wildman–Crippen MR) is 70.1 cm³/mol. The second-order valence-electron chi connectivity index (χ2n) is 4.49. The van der Waals surface area contributed by atoms with E-state index in [1.165, 1.54) is 38.5 Å². The van der Waals surface area contributed by atoms with Crippen molar-refractivity contribution in [3.05, 3.63) is 0 Å². The van der Waals surface area contributed by atoms with E-state index in [1.807, 2.05) is 0 Å². The van der Waals surface area contributed by atoms with Crippen molar-refractivity contribution in [1.82, 2.24) is 10.2 Å². The quantitative estimate of drug-likeness (QED) is 0.590. The van der Waals surface area contributed by atoms with Gasteiger partial charge in [-0.2, -0.15) is 0 Å². The Morgan fingerprint density at radius 2 is 1.87 bits per heavy atom. The lowest BCUT2D eigenvalue weighted by atomic mass is 10.1. The predicted octanol–water partition coefficient (Wildman–Crippen LogP) is 2.93. The molecule has 2 nitrogen and oxygen atoms in total. The molecule has 0 atom stereocenters. The molecule has 0 radical (unpaired) electrons. The van der Waals surface area contributed by atoms with E-state index in [1.54, 1.807) is 0 Å². The Balaban J connectivity index is 2.35. The van der Waals surface area contributed by atoms with Crippen molar-refractivity contribution in [2.75, 3.05) is 13.6 Å². The Kier molecular flexibility index (Phi) is 5.99. The van der Waals surface area contributed by atoms with E-state index < -0.39 is 0 Å². The molecule has 1 aliphatic carbocycles. The van der Waals surface area contributed by atoms with Crippen molar-refractivity contribution in [1.29, 1.82) is 0 Å². The zero-order valence-corrected chi connectivity index (χ0v) is 10.9. The van der Waals surface area contributed by atoms with Gasteiger partial charge in [0.1, 0.15) is 0 Å². The van der Waals surface area contributed by atoms with Crippen LogP contribution in [0.15, 0.2) is 0 Å². The van der Waals surface area contributed by atoms with Gasteiger partial charge < -0.3 is 10.2 Å². The molecule has 0 bridgehead atoms. The summed E-state index contributed by atoms with van der Waals surface area (Å²) in [6, 6.07) is 0.671. The first-order chi connectivity index (χ1) is 7.25. The highest BCUT2D eigenvalue weighted by Crippen LogP contribution is 2.20. The molecule has 0 aromatic rings. The molecule has 0 aromatic carbocycles. The van der Waals surface area contributed by atoms with Crippen molar-refractivity contribution >= 4 is 17.3 Å². The van der Waals surface area contributed by atoms with Crippen molar-refractivity contribution in [2.24, 2.45) is 0 Å². The summed E-state index contributed by atoms with van der Waals surface area (Å²) in [6.45, 7) is 3.16. The normalized spacial score (nSPS) is 18.3. The fourth-order valence-electron chi connectivity index (χ4n) is 2.17. The van der Waals surface area contributed by atoms with Crippen molar-refractivity contribution in [2.45, 2.75) is 57.9 Å². The first-order valence-corrected chi connectivity index (χ1v) is 6.67. The minimum Gasteiger partial charge on any atom is -0.363 e. The van der Waals surface area contributed by atoms with E-state index in [0.717, 1.165) is 18.1 Å². The summed E-state index contributed by atoms with van der Waals surface area (Å²) in [6.07, 6.45) is 9.29. The van der Waals surface area contributed by atoms with E-state index in [0.29, 0.717) is 6.04 Å². The second kappa shape index (κ2) is 7.04. The summed E-state index contributed by atoms with van der Waals surface area (Å²) in [5.74, 6) is 0. The topological polar surface area (TPSA) is 15.3 Å². The molecule has 3 heteroatoms. The summed E-state index contributed by atoms with van der Waals surface area (Å²) in [5, 5.41) is 4.24. The second-order valence-corrected chi connectivity index (χ2v) is 4.87. The Morgan fingerprint density at radius 1 is 1.27 bits per heavy atom. The van der Waals surface area contributed by atoms with Gasteiger partial charge in [0.25, 0.3) is 0 Å². The smallest absolute Gasteiger partial charge is 0.168 e. The zero-order chi connectivity index (χ0) is 11.1. The summed E-state index contributed by atoms with van der Waals surface area (Å²) >= 11 is 5.38. The van der Waals surface area contributed by atoms with Crippen molar-refractivity contribution in [3.63, 3.8) is 0 Å². The average Bonchev–Trinajstić information content (AvgIpc) is 2.53. The molecule has 0 heterocycles. The minimum absolute atomic E-state index is 0.671. The highest BCUT2D eigenvalue weighted by atomic mass is 32.1. The molecule has 88 valence electrons. The molecule has 1 rings (SSSR count). The van der Waals surface area contributed by atoms with Crippen LogP contribution in [0.25, 0.3) is 0 Å². The third-order valence-corrected chi connectivity index (χ3v) is 3.65. The number of nitrogens with one attached hydrogen (secondary N) is 1. The third kappa shape index (κ3) is 4.37. The summed E-state index contributed by atoms with van der Waals surface area (Å²) in [5.41, 5.74) is 0. The van der Waals surface area contributed by atoms with Gasteiger partial charge in [-0.15, -0.1) is 0 Å². The van der Waals surface area contributed by atoms with Gasteiger partial charge in [0, 0.05) is 19.6 Å². The first-order valence-electron chi connectivity index (χ1n) is 6.26. The van der Waals surface area contributed by atoms with E-state index in [-0.39, 0.29) is 0 Å². The van der Waals surface area contributed by atoms with Gasteiger partial charge in [0.2, 0.25) is 0 Å². The van der Waals surface area contributed by atoms with Crippen molar-refractivity contribution < 1.29 is 0 Å². The Bertz CT molecular complexity index is 186. The maximum atomic E-state index is 5.38. The van der Waals surface area contributed by atoms with Gasteiger partial charge in [-0.25, -0.2) is 0 Å². The van der Waals surface area contributed by atoms with E-state index in [2.05, 4.69) is 24.2 Å². The third-order valence-electron chi connectivity index (χ3n) is 3.22. The molecule has 1 N–H and O–H groups in total. The molecule has 0 amide bonds. The Labute approximate surface area is 99.4 Å². The number of nitrogens with zero attached hydrogens (tertiary/aromatic N) is 1. The van der Waals surface area contributed by atoms with Crippen molar-refractivity contribution in [3.8, 4) is 0 Å². The maximum absolute atomic E-state index is 5.38. The van der Waals surface area contributed by atoms with Crippen LogP contribution in [0.1, 0.15) is 51.9 Å². The molecule has 1 fully saturated rings. The lowest BCUT2D eigenvalue weighted by Gasteiger charge is -2.29. The lowest BCUT2D eigenvalue weighted by molar-refractivity contribution is 0.326. The maximum Gasteiger partial charge on any atom is 0.168 e. The Morgan fingerprint density at radius 3 is 2.40 bits per heavy atom. The van der Waals surface area contributed by atoms with Crippen LogP contribution in [0.2, 0.25) is 0 Å². The molecular formula is C12H24N2S. The van der Waals surface area contributed by atoms with Crippen LogP contribution in [0.4, 0.5) is 0 Å². The average molecular weight is 228 g/mol. The van der Waals surface area contributed by atoms with Gasteiger partial charge in [-0.3, -0.25) is 0 Å². The Hall–Kier alpha value is -0.310. The molecule has 0 saturated heterocycles. The molecule has 0 aromatic heterocycles. The monoisotopic (exact) mass is 228 g/mol. The van der Waals surface area contributed by atoms with Crippen LogP contribution in [-0.2, 0) is 0 Å². The van der Waals surface area contributed by atoms with Gasteiger partial charge in [0.15, 0.2) is 5.11 Å². The molecule has 15 heavy (non-hydrogen) atoms. The molecule has 0 spiro atoms. The fraction of sp³-hybridized carbons (Fsp3) is 0.917. The SMILES string of the molecule is CCCNC(=S)N(C)C1CCCCCC1. The summed E-state index contributed by atoms with van der Waals surface area (Å²) in [4.78, 5) is 2.27. The fourth-order valence-corrected chi connectivity index (χ4v) is 2.42. The molecule has 1 aliphatic rings. The highest BCUT2D eigenvalue weighted by Gasteiger charge is 2.18. The standard InChI is InChI=1S/C12H24N2S/c1-3-10-13-12(15)14(2)11-8-6-4-5-7-9-11/h11H,3-10H2,1-2H3,(H,13,15). The number of rotatable bonds is 3. The largest absolute Gasteiger partial charge is 0.363 e. The van der Waals surface area contributed by atoms with Crippen LogP contribution in [0.3, 0.4) is 0 Å². The van der Waals surface area contributed by atoms with Crippen LogP contribution < -0.4 is 5.32 Å². The minimum atomic E-state index is 0.671. The van der Waals surface area contributed by atoms with Gasteiger partial charge >= 0.3 is 0 Å². The van der Waals surface area contributed by atoms with Gasteiger partial charge in [0.05, 0.1) is 0 Å².